The lowest BCUT2D eigenvalue weighted by Gasteiger charge is -2.32. The first-order valence-electron chi connectivity index (χ1n) is 13.7. The second-order valence-corrected chi connectivity index (χ2v) is 11.2. The maximum Gasteiger partial charge on any atom is 0.222 e. The first kappa shape index (κ1) is 26.2. The summed E-state index contributed by atoms with van der Waals surface area (Å²) in [7, 11) is 0. The number of nitrogens with zero attached hydrogens (tertiary/aromatic N) is 4. The van der Waals surface area contributed by atoms with Crippen molar-refractivity contribution in [3.63, 3.8) is 0 Å². The van der Waals surface area contributed by atoms with E-state index in [-0.39, 0.29) is 0 Å². The molecule has 1 aliphatic heterocycles. The van der Waals surface area contributed by atoms with Gasteiger partial charge in [0.2, 0.25) is 5.91 Å². The van der Waals surface area contributed by atoms with Crippen LogP contribution in [0.5, 0.6) is 0 Å². The van der Waals surface area contributed by atoms with Crippen molar-refractivity contribution in [2.24, 2.45) is 5.92 Å². The maximum atomic E-state index is 12.8. The van der Waals surface area contributed by atoms with Gasteiger partial charge in [-0.15, -0.1) is 10.2 Å². The third-order valence-electron chi connectivity index (χ3n) is 7.31. The van der Waals surface area contributed by atoms with Crippen molar-refractivity contribution in [1.82, 2.24) is 19.7 Å². The molecule has 6 heteroatoms. The molecule has 5 nitrogen and oxygen atoms in total. The largest absolute Gasteiger partial charge is 0.343 e. The first-order chi connectivity index (χ1) is 18.7. The highest BCUT2D eigenvalue weighted by Crippen LogP contribution is 2.29. The number of aryl methyl sites for hydroxylation is 1. The highest BCUT2D eigenvalue weighted by Gasteiger charge is 2.22. The number of likely N-dealkylation sites (tertiary alicyclic amines) is 1. The second-order valence-electron chi connectivity index (χ2n) is 10.2. The summed E-state index contributed by atoms with van der Waals surface area (Å²) >= 11 is 1.71. The number of carbonyl (C=O) groups is 1. The van der Waals surface area contributed by atoms with Gasteiger partial charge >= 0.3 is 0 Å². The van der Waals surface area contributed by atoms with E-state index < -0.39 is 0 Å². The van der Waals surface area contributed by atoms with E-state index >= 15 is 0 Å². The summed E-state index contributed by atoms with van der Waals surface area (Å²) in [6.07, 6.45) is 5.84. The van der Waals surface area contributed by atoms with Crippen LogP contribution in [0.4, 0.5) is 0 Å². The number of rotatable bonds is 10. The average molecular weight is 525 g/mol. The molecule has 1 saturated heterocycles. The Morgan fingerprint density at radius 3 is 2.26 bits per heavy atom. The molecule has 1 aromatic heterocycles. The molecular formula is C32H36N4OS. The Labute approximate surface area is 230 Å². The molecule has 1 amide bonds. The van der Waals surface area contributed by atoms with Gasteiger partial charge in [-0.1, -0.05) is 90.1 Å². The highest BCUT2D eigenvalue weighted by molar-refractivity contribution is 7.99. The molecule has 1 fully saturated rings. The first-order valence-corrected chi connectivity index (χ1v) is 14.7. The van der Waals surface area contributed by atoms with Gasteiger partial charge in [-0.25, -0.2) is 0 Å². The molecule has 0 unspecified atom stereocenters. The van der Waals surface area contributed by atoms with E-state index in [1.807, 2.05) is 18.2 Å². The summed E-state index contributed by atoms with van der Waals surface area (Å²) < 4.78 is 2.14. The van der Waals surface area contributed by atoms with E-state index in [0.29, 0.717) is 18.2 Å². The van der Waals surface area contributed by atoms with Crippen LogP contribution in [0.2, 0.25) is 0 Å². The van der Waals surface area contributed by atoms with Gasteiger partial charge < -0.3 is 4.90 Å². The molecule has 3 aromatic carbocycles. The fourth-order valence-electron chi connectivity index (χ4n) is 5.10. The number of benzene rings is 3. The van der Waals surface area contributed by atoms with E-state index in [4.69, 9.17) is 0 Å². The molecule has 0 bridgehead atoms. The van der Waals surface area contributed by atoms with Gasteiger partial charge in [-0.2, -0.15) is 0 Å². The van der Waals surface area contributed by atoms with E-state index in [9.17, 15) is 4.79 Å². The molecule has 0 saturated carbocycles. The number of carbonyl (C=O) groups excluding carboxylic acids is 1. The van der Waals surface area contributed by atoms with E-state index in [0.717, 1.165) is 73.2 Å². The van der Waals surface area contributed by atoms with Crippen LogP contribution in [0.3, 0.4) is 0 Å². The number of piperidine rings is 1. The SMILES string of the molecule is Cc1ccc(-n2c(SCCCCC(=O)N3CCC(Cc4ccccc4)CC3)nnc2-c2ccccc2)cc1. The minimum atomic E-state index is 0.308. The summed E-state index contributed by atoms with van der Waals surface area (Å²) in [6, 6.07) is 29.4. The van der Waals surface area contributed by atoms with Crippen LogP contribution in [0.15, 0.2) is 90.1 Å². The van der Waals surface area contributed by atoms with Gasteiger partial charge in [-0.05, 0) is 62.6 Å². The molecule has 38 heavy (non-hydrogen) atoms. The molecule has 196 valence electrons. The molecular weight excluding hydrogens is 488 g/mol. The third kappa shape index (κ3) is 6.73. The number of hydrogen-bond acceptors (Lipinski definition) is 4. The lowest BCUT2D eigenvalue weighted by Crippen LogP contribution is -2.38. The summed E-state index contributed by atoms with van der Waals surface area (Å²) in [5.74, 6) is 2.75. The Balaban J connectivity index is 1.10. The Kier molecular flexibility index (Phi) is 8.92. The van der Waals surface area contributed by atoms with Crippen LogP contribution in [-0.2, 0) is 11.2 Å². The monoisotopic (exact) mass is 524 g/mol. The van der Waals surface area contributed by atoms with Gasteiger partial charge in [0.15, 0.2) is 11.0 Å². The summed E-state index contributed by atoms with van der Waals surface area (Å²) in [5.41, 5.74) is 4.74. The summed E-state index contributed by atoms with van der Waals surface area (Å²) in [6.45, 7) is 3.89. The fraction of sp³-hybridized carbons (Fsp3) is 0.344. The highest BCUT2D eigenvalue weighted by atomic mass is 32.2. The van der Waals surface area contributed by atoms with Crippen molar-refractivity contribution in [3.8, 4) is 17.1 Å². The minimum absolute atomic E-state index is 0.308. The zero-order chi connectivity index (χ0) is 26.2. The Bertz CT molecular complexity index is 1300. The number of aromatic nitrogens is 3. The van der Waals surface area contributed by atoms with Crippen LogP contribution in [-0.4, -0.2) is 44.4 Å². The fourth-order valence-corrected chi connectivity index (χ4v) is 6.05. The quantitative estimate of drug-likeness (QED) is 0.166. The molecule has 5 rings (SSSR count). The standard InChI is InChI=1S/C32H36N4OS/c1-25-15-17-29(18-16-25)36-31(28-12-6-3-7-13-28)33-34-32(36)38-23-9-8-14-30(37)35-21-19-27(20-22-35)24-26-10-4-2-5-11-26/h2-7,10-13,15-18,27H,8-9,14,19-24H2,1H3. The maximum absolute atomic E-state index is 12.8. The van der Waals surface area contributed by atoms with Crippen LogP contribution in [0.25, 0.3) is 17.1 Å². The summed E-state index contributed by atoms with van der Waals surface area (Å²) in [4.78, 5) is 14.9. The molecule has 0 aliphatic carbocycles. The van der Waals surface area contributed by atoms with Crippen molar-refractivity contribution in [1.29, 1.82) is 0 Å². The second kappa shape index (κ2) is 12.9. The van der Waals surface area contributed by atoms with Crippen LogP contribution in [0, 0.1) is 12.8 Å². The molecule has 2 heterocycles. The number of unbranched alkanes of at least 4 members (excludes halogenated alkanes) is 1. The lowest BCUT2D eigenvalue weighted by atomic mass is 9.90. The van der Waals surface area contributed by atoms with Crippen LogP contribution in [0.1, 0.15) is 43.2 Å². The van der Waals surface area contributed by atoms with E-state index in [1.54, 1.807) is 11.8 Å². The normalized spacial score (nSPS) is 14.1. The molecule has 4 aromatic rings. The molecule has 0 spiro atoms. The van der Waals surface area contributed by atoms with E-state index in [2.05, 4.69) is 93.3 Å². The van der Waals surface area contributed by atoms with Gasteiger partial charge in [0.05, 0.1) is 0 Å². The number of thioether (sulfide) groups is 1. The van der Waals surface area contributed by atoms with Gasteiger partial charge in [0.25, 0.3) is 0 Å². The number of hydrogen-bond donors (Lipinski definition) is 0. The Morgan fingerprint density at radius 1 is 0.868 bits per heavy atom. The minimum Gasteiger partial charge on any atom is -0.343 e. The van der Waals surface area contributed by atoms with Crippen LogP contribution < -0.4 is 0 Å². The predicted octanol–water partition coefficient (Wildman–Crippen LogP) is 6.99. The Morgan fingerprint density at radius 2 is 1.55 bits per heavy atom. The van der Waals surface area contributed by atoms with Crippen molar-refractivity contribution in [2.75, 3.05) is 18.8 Å². The average Bonchev–Trinajstić information content (AvgIpc) is 3.38. The predicted molar refractivity (Wildman–Crippen MR) is 156 cm³/mol. The van der Waals surface area contributed by atoms with Gasteiger partial charge in [0.1, 0.15) is 0 Å². The zero-order valence-corrected chi connectivity index (χ0v) is 22.9. The molecule has 1 aliphatic rings. The van der Waals surface area contributed by atoms with Crippen molar-refractivity contribution in [2.45, 2.75) is 50.6 Å². The van der Waals surface area contributed by atoms with Gasteiger partial charge in [0, 0.05) is 36.5 Å². The zero-order valence-electron chi connectivity index (χ0n) is 22.1. The van der Waals surface area contributed by atoms with Crippen molar-refractivity contribution < 1.29 is 4.79 Å². The van der Waals surface area contributed by atoms with Crippen LogP contribution >= 0.6 is 11.8 Å². The summed E-state index contributed by atoms with van der Waals surface area (Å²) in [5, 5.41) is 9.96. The van der Waals surface area contributed by atoms with Crippen molar-refractivity contribution in [3.05, 3.63) is 96.1 Å². The Hall–Kier alpha value is -3.38. The molecule has 0 N–H and O–H groups in total. The molecule has 0 radical (unpaired) electrons. The lowest BCUT2D eigenvalue weighted by molar-refractivity contribution is -0.132. The number of amides is 1. The van der Waals surface area contributed by atoms with E-state index in [1.165, 1.54) is 11.1 Å². The molecule has 0 atom stereocenters. The third-order valence-corrected chi connectivity index (χ3v) is 8.32. The topological polar surface area (TPSA) is 51.0 Å². The van der Waals surface area contributed by atoms with Gasteiger partial charge in [-0.3, -0.25) is 9.36 Å². The van der Waals surface area contributed by atoms with Crippen molar-refractivity contribution >= 4 is 17.7 Å². The smallest absolute Gasteiger partial charge is 0.222 e.